The summed E-state index contributed by atoms with van der Waals surface area (Å²) in [6, 6.07) is 5.02. The normalized spacial score (nSPS) is 18.6. The highest BCUT2D eigenvalue weighted by Crippen LogP contribution is 2.31. The van der Waals surface area contributed by atoms with Crippen molar-refractivity contribution in [2.24, 2.45) is 5.73 Å². The van der Waals surface area contributed by atoms with Crippen LogP contribution in [0.25, 0.3) is 0 Å². The second-order valence-electron chi connectivity index (χ2n) is 4.64. The summed E-state index contributed by atoms with van der Waals surface area (Å²) in [6.07, 6.45) is -1.20. The summed E-state index contributed by atoms with van der Waals surface area (Å²) < 4.78 is 37.0. The quantitative estimate of drug-likeness (QED) is 0.857. The summed E-state index contributed by atoms with van der Waals surface area (Å²) in [6.45, 7) is 0.609. The lowest BCUT2D eigenvalue weighted by atomic mass is 9.78. The molecule has 0 atom stereocenters. The zero-order valence-corrected chi connectivity index (χ0v) is 9.35. The van der Waals surface area contributed by atoms with Gasteiger partial charge in [-0.05, 0) is 43.5 Å². The molecule has 0 aliphatic heterocycles. The number of halogens is 3. The molecule has 1 aromatic carbocycles. The largest absolute Gasteiger partial charge is 0.416 e. The van der Waals surface area contributed by atoms with E-state index in [4.69, 9.17) is 5.73 Å². The third kappa shape index (κ3) is 2.91. The van der Waals surface area contributed by atoms with E-state index in [1.807, 2.05) is 0 Å². The van der Waals surface area contributed by atoms with Crippen molar-refractivity contribution in [3.05, 3.63) is 29.8 Å². The molecule has 0 radical (unpaired) electrons. The molecule has 0 bridgehead atoms. The fourth-order valence-corrected chi connectivity index (χ4v) is 1.86. The molecule has 1 fully saturated rings. The van der Waals surface area contributed by atoms with Crippen molar-refractivity contribution in [1.82, 2.24) is 0 Å². The van der Waals surface area contributed by atoms with E-state index in [0.717, 1.165) is 31.4 Å². The van der Waals surface area contributed by atoms with Gasteiger partial charge in [-0.2, -0.15) is 13.2 Å². The van der Waals surface area contributed by atoms with E-state index in [9.17, 15) is 13.2 Å². The van der Waals surface area contributed by atoms with Gasteiger partial charge in [-0.3, -0.25) is 0 Å². The first kappa shape index (κ1) is 12.2. The second kappa shape index (κ2) is 4.22. The van der Waals surface area contributed by atoms with Crippen LogP contribution in [0.3, 0.4) is 0 Å². The van der Waals surface area contributed by atoms with Crippen LogP contribution in [0, 0.1) is 0 Å². The van der Waals surface area contributed by atoms with Crippen molar-refractivity contribution in [2.75, 3.05) is 11.9 Å². The number of hydrogen-bond acceptors (Lipinski definition) is 2. The minimum Gasteiger partial charge on any atom is -0.383 e. The highest BCUT2D eigenvalue weighted by Gasteiger charge is 2.32. The van der Waals surface area contributed by atoms with Gasteiger partial charge in [0, 0.05) is 17.8 Å². The van der Waals surface area contributed by atoms with Crippen LogP contribution >= 0.6 is 0 Å². The van der Waals surface area contributed by atoms with Crippen molar-refractivity contribution in [3.63, 3.8) is 0 Å². The molecule has 1 aliphatic rings. The third-order valence-electron chi connectivity index (χ3n) is 3.21. The van der Waals surface area contributed by atoms with Crippen LogP contribution in [-0.2, 0) is 6.18 Å². The van der Waals surface area contributed by atoms with Crippen molar-refractivity contribution in [3.8, 4) is 0 Å². The molecule has 0 unspecified atom stereocenters. The summed E-state index contributed by atoms with van der Waals surface area (Å²) >= 11 is 0. The number of nitrogens with two attached hydrogens (primary N) is 1. The number of alkyl halides is 3. The van der Waals surface area contributed by atoms with Gasteiger partial charge in [0.25, 0.3) is 0 Å². The topological polar surface area (TPSA) is 38.0 Å². The van der Waals surface area contributed by atoms with E-state index < -0.39 is 11.7 Å². The van der Waals surface area contributed by atoms with E-state index in [2.05, 4.69) is 5.32 Å². The molecule has 0 aromatic heterocycles. The second-order valence-corrected chi connectivity index (χ2v) is 4.64. The van der Waals surface area contributed by atoms with Gasteiger partial charge in [0.1, 0.15) is 0 Å². The summed E-state index contributed by atoms with van der Waals surface area (Å²) in [4.78, 5) is 0. The van der Waals surface area contributed by atoms with Gasteiger partial charge in [-0.25, -0.2) is 0 Å². The van der Waals surface area contributed by atoms with Crippen LogP contribution in [0.4, 0.5) is 18.9 Å². The zero-order valence-electron chi connectivity index (χ0n) is 9.35. The lowest BCUT2D eigenvalue weighted by Gasteiger charge is -2.38. The number of hydrogen-bond donors (Lipinski definition) is 2. The summed E-state index contributed by atoms with van der Waals surface area (Å²) in [5.74, 6) is 0. The van der Waals surface area contributed by atoms with Crippen LogP contribution in [0.5, 0.6) is 0 Å². The van der Waals surface area contributed by atoms with E-state index in [1.165, 1.54) is 12.1 Å². The predicted molar refractivity (Wildman–Crippen MR) is 60.7 cm³/mol. The summed E-state index contributed by atoms with van der Waals surface area (Å²) in [5, 5.41) is 3.07. The summed E-state index contributed by atoms with van der Waals surface area (Å²) in [5.41, 5.74) is 5.87. The maximum absolute atomic E-state index is 12.3. The van der Waals surface area contributed by atoms with Gasteiger partial charge in [-0.1, -0.05) is 0 Å². The maximum Gasteiger partial charge on any atom is 0.416 e. The van der Waals surface area contributed by atoms with Crippen LogP contribution in [0.1, 0.15) is 24.8 Å². The molecule has 0 amide bonds. The lowest BCUT2D eigenvalue weighted by Crippen LogP contribution is -2.51. The van der Waals surface area contributed by atoms with Crippen molar-refractivity contribution < 1.29 is 13.2 Å². The Hall–Kier alpha value is -1.23. The monoisotopic (exact) mass is 244 g/mol. The fourth-order valence-electron chi connectivity index (χ4n) is 1.86. The van der Waals surface area contributed by atoms with E-state index >= 15 is 0 Å². The molecular weight excluding hydrogens is 229 g/mol. The smallest absolute Gasteiger partial charge is 0.383 e. The molecule has 2 nitrogen and oxygen atoms in total. The highest BCUT2D eigenvalue weighted by molar-refractivity contribution is 5.45. The minimum atomic E-state index is -4.28. The first-order valence-corrected chi connectivity index (χ1v) is 5.59. The first-order valence-electron chi connectivity index (χ1n) is 5.59. The Labute approximate surface area is 98.0 Å². The number of nitrogens with one attached hydrogen (secondary N) is 1. The molecule has 0 heterocycles. The van der Waals surface area contributed by atoms with Crippen LogP contribution in [-0.4, -0.2) is 12.1 Å². The Morgan fingerprint density at radius 3 is 2.18 bits per heavy atom. The van der Waals surface area contributed by atoms with E-state index in [-0.39, 0.29) is 5.54 Å². The molecule has 0 saturated heterocycles. The van der Waals surface area contributed by atoms with Crippen LogP contribution in [0.2, 0.25) is 0 Å². The Kier molecular flexibility index (Phi) is 3.03. The highest BCUT2D eigenvalue weighted by atomic mass is 19.4. The predicted octanol–water partition coefficient (Wildman–Crippen LogP) is 3.00. The molecule has 1 saturated carbocycles. The number of rotatable bonds is 3. The first-order chi connectivity index (χ1) is 7.89. The van der Waals surface area contributed by atoms with E-state index in [0.29, 0.717) is 12.2 Å². The van der Waals surface area contributed by atoms with Crippen LogP contribution < -0.4 is 11.1 Å². The van der Waals surface area contributed by atoms with Gasteiger partial charge < -0.3 is 11.1 Å². The SMILES string of the molecule is NC1(CNc2ccc(C(F)(F)F)cc2)CCC1. The van der Waals surface area contributed by atoms with Crippen LogP contribution in [0.15, 0.2) is 24.3 Å². The molecule has 94 valence electrons. The van der Waals surface area contributed by atoms with Gasteiger partial charge >= 0.3 is 6.18 Å². The van der Waals surface area contributed by atoms with Crippen molar-refractivity contribution in [1.29, 1.82) is 0 Å². The average Bonchev–Trinajstić information content (AvgIpc) is 2.23. The minimum absolute atomic E-state index is 0.178. The Morgan fingerprint density at radius 1 is 1.18 bits per heavy atom. The average molecular weight is 244 g/mol. The number of benzene rings is 1. The Balaban J connectivity index is 1.94. The van der Waals surface area contributed by atoms with Gasteiger partial charge in [0.05, 0.1) is 5.56 Å². The van der Waals surface area contributed by atoms with Gasteiger partial charge in [-0.15, -0.1) is 0 Å². The molecule has 1 aliphatic carbocycles. The molecule has 0 spiro atoms. The maximum atomic E-state index is 12.3. The third-order valence-corrected chi connectivity index (χ3v) is 3.21. The molecule has 17 heavy (non-hydrogen) atoms. The molecule has 1 aromatic rings. The Morgan fingerprint density at radius 2 is 1.76 bits per heavy atom. The number of anilines is 1. The molecule has 5 heteroatoms. The summed E-state index contributed by atoms with van der Waals surface area (Å²) in [7, 11) is 0. The fraction of sp³-hybridized carbons (Fsp3) is 0.500. The van der Waals surface area contributed by atoms with Gasteiger partial charge in [0.2, 0.25) is 0 Å². The molecule has 2 rings (SSSR count). The Bertz CT molecular complexity index is 380. The van der Waals surface area contributed by atoms with Crippen molar-refractivity contribution >= 4 is 5.69 Å². The molecule has 3 N–H and O–H groups in total. The standard InChI is InChI=1S/C12H15F3N2/c13-12(14,15)9-2-4-10(5-3-9)17-8-11(16)6-1-7-11/h2-5,17H,1,6-8,16H2. The zero-order chi connectivity index (χ0) is 12.5. The molecular formula is C12H15F3N2. The van der Waals surface area contributed by atoms with Crippen molar-refractivity contribution in [2.45, 2.75) is 31.0 Å². The lowest BCUT2D eigenvalue weighted by molar-refractivity contribution is -0.137. The van der Waals surface area contributed by atoms with Gasteiger partial charge in [0.15, 0.2) is 0 Å². The van der Waals surface area contributed by atoms with E-state index in [1.54, 1.807) is 0 Å².